The van der Waals surface area contributed by atoms with Gasteiger partial charge in [-0.05, 0) is 0 Å². The van der Waals surface area contributed by atoms with Crippen molar-refractivity contribution >= 4 is 20.2 Å². The summed E-state index contributed by atoms with van der Waals surface area (Å²) in [7, 11) is -8.57. The SMILES string of the molecule is CS(=O)(=O)O.O=S(=O)(O)CC(F)(F)F. The molecule has 2 N–H and O–H groups in total. The Morgan fingerprint density at radius 3 is 1.29 bits per heavy atom. The van der Waals surface area contributed by atoms with Gasteiger partial charge in [0.2, 0.25) is 0 Å². The molecule has 0 aliphatic carbocycles. The van der Waals surface area contributed by atoms with Crippen molar-refractivity contribution in [2.24, 2.45) is 0 Å². The molecule has 0 aliphatic heterocycles. The zero-order valence-corrected chi connectivity index (χ0v) is 8.32. The van der Waals surface area contributed by atoms with Crippen LogP contribution in [0.4, 0.5) is 13.2 Å². The van der Waals surface area contributed by atoms with Crippen molar-refractivity contribution in [2.75, 3.05) is 12.0 Å². The quantitative estimate of drug-likeness (QED) is 0.639. The molecule has 0 aromatic carbocycles. The summed E-state index contributed by atoms with van der Waals surface area (Å²) < 4.78 is 85.5. The third-order valence-corrected chi connectivity index (χ3v) is 1.04. The monoisotopic (exact) mass is 260 g/mol. The van der Waals surface area contributed by atoms with Crippen molar-refractivity contribution in [3.05, 3.63) is 0 Å². The first-order valence-corrected chi connectivity index (χ1v) is 6.11. The molecule has 0 unspecified atom stereocenters. The molecular weight excluding hydrogens is 253 g/mol. The van der Waals surface area contributed by atoms with Gasteiger partial charge in [0.05, 0.1) is 6.26 Å². The minimum atomic E-state index is -4.91. The van der Waals surface area contributed by atoms with E-state index in [-0.39, 0.29) is 0 Å². The fourth-order valence-electron chi connectivity index (χ4n) is 0.207. The maximum Gasteiger partial charge on any atom is 0.405 e. The Bertz CT molecular complexity index is 342. The zero-order chi connectivity index (χ0) is 12.2. The van der Waals surface area contributed by atoms with Crippen LogP contribution in [0.25, 0.3) is 0 Å². The van der Waals surface area contributed by atoms with E-state index in [4.69, 9.17) is 9.11 Å². The molecule has 0 rings (SSSR count). The molecule has 0 saturated heterocycles. The minimum Gasteiger partial charge on any atom is -0.286 e. The van der Waals surface area contributed by atoms with Gasteiger partial charge in [0, 0.05) is 0 Å². The lowest BCUT2D eigenvalue weighted by molar-refractivity contribution is -0.107. The van der Waals surface area contributed by atoms with Gasteiger partial charge in [-0.3, -0.25) is 9.11 Å². The maximum atomic E-state index is 11.0. The van der Waals surface area contributed by atoms with Gasteiger partial charge in [-0.15, -0.1) is 0 Å². The second-order valence-electron chi connectivity index (χ2n) is 2.07. The molecule has 6 nitrogen and oxygen atoms in total. The van der Waals surface area contributed by atoms with Crippen molar-refractivity contribution in [3.8, 4) is 0 Å². The Labute approximate surface area is 78.2 Å². The number of hydrogen-bond donors (Lipinski definition) is 2. The Hall–Kier alpha value is -0.390. The molecule has 0 spiro atoms. The Kier molecular flexibility index (Phi) is 5.63. The molecule has 0 aromatic heterocycles. The summed E-state index contributed by atoms with van der Waals surface area (Å²) >= 11 is 0. The van der Waals surface area contributed by atoms with Crippen molar-refractivity contribution < 1.29 is 39.1 Å². The lowest BCUT2D eigenvalue weighted by atomic mass is 10.8. The van der Waals surface area contributed by atoms with E-state index in [1.54, 1.807) is 0 Å². The van der Waals surface area contributed by atoms with E-state index in [0.29, 0.717) is 6.26 Å². The summed E-state index contributed by atoms with van der Waals surface area (Å²) in [4.78, 5) is 0. The molecule has 0 fully saturated rings. The molecule has 0 atom stereocenters. The summed E-state index contributed by atoms with van der Waals surface area (Å²) in [5.41, 5.74) is 0. The van der Waals surface area contributed by atoms with E-state index >= 15 is 0 Å². The summed E-state index contributed by atoms with van der Waals surface area (Å²) in [6.07, 6.45) is -4.14. The zero-order valence-electron chi connectivity index (χ0n) is 6.68. The van der Waals surface area contributed by atoms with E-state index in [0.717, 1.165) is 0 Å². The summed E-state index contributed by atoms with van der Waals surface area (Å²) in [6, 6.07) is 0. The van der Waals surface area contributed by atoms with Crippen LogP contribution in [0, 0.1) is 0 Å². The lowest BCUT2D eigenvalue weighted by Crippen LogP contribution is -2.21. The van der Waals surface area contributed by atoms with Crippen LogP contribution in [0.15, 0.2) is 0 Å². The largest absolute Gasteiger partial charge is 0.405 e. The van der Waals surface area contributed by atoms with Crippen LogP contribution in [0.5, 0.6) is 0 Å². The molecule has 0 saturated carbocycles. The van der Waals surface area contributed by atoms with Crippen LogP contribution in [0.1, 0.15) is 0 Å². The van der Waals surface area contributed by atoms with E-state index in [9.17, 15) is 30.0 Å². The molecule has 0 aromatic rings. The normalized spacial score (nSPS) is 13.0. The van der Waals surface area contributed by atoms with Crippen LogP contribution >= 0.6 is 0 Å². The number of halogens is 3. The van der Waals surface area contributed by atoms with Gasteiger partial charge in [0.1, 0.15) is 0 Å². The van der Waals surface area contributed by atoms with E-state index in [2.05, 4.69) is 0 Å². The molecule has 14 heavy (non-hydrogen) atoms. The van der Waals surface area contributed by atoms with Crippen LogP contribution in [-0.2, 0) is 20.2 Å². The highest BCUT2D eigenvalue weighted by Crippen LogP contribution is 2.15. The smallest absolute Gasteiger partial charge is 0.286 e. The predicted octanol–water partition coefficient (Wildman–Crippen LogP) is -0.0595. The highest BCUT2D eigenvalue weighted by Gasteiger charge is 2.33. The molecule has 0 aliphatic rings. The van der Waals surface area contributed by atoms with Crippen molar-refractivity contribution in [1.29, 1.82) is 0 Å². The fraction of sp³-hybridized carbons (Fsp3) is 1.00. The maximum absolute atomic E-state index is 11.0. The van der Waals surface area contributed by atoms with Crippen LogP contribution in [0.3, 0.4) is 0 Å². The molecule has 0 heterocycles. The average molecular weight is 260 g/mol. The van der Waals surface area contributed by atoms with Gasteiger partial charge >= 0.3 is 6.18 Å². The summed E-state index contributed by atoms with van der Waals surface area (Å²) in [5.74, 6) is -2.18. The average Bonchev–Trinajstić information content (AvgIpc) is 1.42. The van der Waals surface area contributed by atoms with Crippen LogP contribution in [0.2, 0.25) is 0 Å². The second kappa shape index (κ2) is 4.91. The number of alkyl halides is 3. The van der Waals surface area contributed by atoms with Gasteiger partial charge in [-0.2, -0.15) is 30.0 Å². The van der Waals surface area contributed by atoms with Gasteiger partial charge in [0.15, 0.2) is 5.75 Å². The second-order valence-corrected chi connectivity index (χ2v) is 4.99. The van der Waals surface area contributed by atoms with Gasteiger partial charge in [-0.1, -0.05) is 0 Å². The van der Waals surface area contributed by atoms with Gasteiger partial charge in [0.25, 0.3) is 20.2 Å². The van der Waals surface area contributed by atoms with E-state index in [1.165, 1.54) is 0 Å². The topological polar surface area (TPSA) is 109 Å². The summed E-state index contributed by atoms with van der Waals surface area (Å²) in [5, 5.41) is 0. The first-order chi connectivity index (χ1) is 5.71. The third-order valence-electron chi connectivity index (χ3n) is 0.346. The van der Waals surface area contributed by atoms with Gasteiger partial charge in [-0.25, -0.2) is 0 Å². The highest BCUT2D eigenvalue weighted by molar-refractivity contribution is 7.85. The van der Waals surface area contributed by atoms with Crippen molar-refractivity contribution in [1.82, 2.24) is 0 Å². The predicted molar refractivity (Wildman–Crippen MR) is 39.9 cm³/mol. The Morgan fingerprint density at radius 1 is 1.07 bits per heavy atom. The first-order valence-electron chi connectivity index (χ1n) is 2.65. The molecule has 0 radical (unpaired) electrons. The first kappa shape index (κ1) is 16.1. The van der Waals surface area contributed by atoms with Crippen molar-refractivity contribution in [2.45, 2.75) is 6.18 Å². The Balaban J connectivity index is 0. The molecule has 0 amide bonds. The van der Waals surface area contributed by atoms with Crippen LogP contribution < -0.4 is 0 Å². The number of hydrogen-bond acceptors (Lipinski definition) is 4. The van der Waals surface area contributed by atoms with Crippen molar-refractivity contribution in [3.63, 3.8) is 0 Å². The molecule has 0 bridgehead atoms. The van der Waals surface area contributed by atoms with Gasteiger partial charge < -0.3 is 0 Å². The van der Waals surface area contributed by atoms with Crippen LogP contribution in [-0.4, -0.2) is 44.1 Å². The third kappa shape index (κ3) is 41.5. The molecule has 11 heteroatoms. The highest BCUT2D eigenvalue weighted by atomic mass is 32.2. The minimum absolute atomic E-state index is 0.715. The lowest BCUT2D eigenvalue weighted by Gasteiger charge is -2.00. The fourth-order valence-corrected chi connectivity index (χ4v) is 0.620. The molecule has 88 valence electrons. The Morgan fingerprint density at radius 2 is 1.29 bits per heavy atom. The standard InChI is InChI=1S/C2H3F3O3S.CH4O3S/c3-2(4,5)1-9(6,7)8;1-5(2,3)4/h1H2,(H,6,7,8);1H3,(H,2,3,4). The van der Waals surface area contributed by atoms with E-state index < -0.39 is 32.2 Å². The van der Waals surface area contributed by atoms with E-state index in [1.807, 2.05) is 0 Å². The summed E-state index contributed by atoms with van der Waals surface area (Å²) in [6.45, 7) is 0. The molecular formula is C3H7F3O6S2. The number of rotatable bonds is 1.